The maximum Gasteiger partial charge on any atom is 0.228 e. The second-order valence-corrected chi connectivity index (χ2v) is 8.03. The van der Waals surface area contributed by atoms with E-state index in [9.17, 15) is 9.59 Å². The Morgan fingerprint density at radius 3 is 2.58 bits per heavy atom. The molecule has 0 saturated carbocycles. The van der Waals surface area contributed by atoms with Crippen LogP contribution in [0.25, 0.3) is 11.1 Å². The number of carbonyl (C=O) groups excluding carboxylic acids is 2. The summed E-state index contributed by atoms with van der Waals surface area (Å²) in [7, 11) is 1.67. The van der Waals surface area contributed by atoms with Crippen LogP contribution in [-0.4, -0.2) is 46.8 Å². The third-order valence-electron chi connectivity index (χ3n) is 6.03. The average Bonchev–Trinajstić information content (AvgIpc) is 3.25. The molecule has 1 N–H and O–H groups in total. The fourth-order valence-corrected chi connectivity index (χ4v) is 4.40. The molecule has 1 aliphatic heterocycles. The lowest BCUT2D eigenvalue weighted by Gasteiger charge is -2.28. The normalized spacial score (nSPS) is 18.0. The monoisotopic (exact) mass is 414 g/mol. The van der Waals surface area contributed by atoms with E-state index in [0.717, 1.165) is 22.3 Å². The van der Waals surface area contributed by atoms with Crippen molar-refractivity contribution in [2.24, 2.45) is 5.41 Å². The summed E-state index contributed by atoms with van der Waals surface area (Å²) in [4.78, 5) is 36.0. The standard InChI is InChI=1S/C25H26N4O2/c1-26-24(31)25(10-14-29(18-25)23(30)15-19-5-4-11-28-17-19)16-21-6-2-3-7-22(21)20-8-12-27-13-9-20/h2-9,11-13,17H,10,14-16,18H2,1H3,(H,26,31)/t25-/m1/s1. The van der Waals surface area contributed by atoms with E-state index in [2.05, 4.69) is 27.4 Å². The Morgan fingerprint density at radius 1 is 1.03 bits per heavy atom. The second kappa shape index (κ2) is 9.08. The number of benzene rings is 1. The third kappa shape index (κ3) is 4.48. The average molecular weight is 415 g/mol. The third-order valence-corrected chi connectivity index (χ3v) is 6.03. The van der Waals surface area contributed by atoms with Crippen molar-refractivity contribution in [1.82, 2.24) is 20.2 Å². The molecule has 0 unspecified atom stereocenters. The molecule has 31 heavy (non-hydrogen) atoms. The largest absolute Gasteiger partial charge is 0.359 e. The van der Waals surface area contributed by atoms with E-state index in [1.807, 2.05) is 41.3 Å². The number of nitrogens with zero attached hydrogens (tertiary/aromatic N) is 3. The summed E-state index contributed by atoms with van der Waals surface area (Å²) >= 11 is 0. The molecule has 0 aliphatic carbocycles. The molecule has 4 rings (SSSR count). The zero-order valence-corrected chi connectivity index (χ0v) is 17.6. The van der Waals surface area contributed by atoms with Gasteiger partial charge in [0, 0.05) is 44.9 Å². The van der Waals surface area contributed by atoms with Gasteiger partial charge in [-0.2, -0.15) is 0 Å². The van der Waals surface area contributed by atoms with Gasteiger partial charge < -0.3 is 10.2 Å². The Kier molecular flexibility index (Phi) is 6.07. The van der Waals surface area contributed by atoms with Crippen molar-refractivity contribution in [3.8, 4) is 11.1 Å². The Labute approximate surface area is 182 Å². The van der Waals surface area contributed by atoms with Gasteiger partial charge in [-0.3, -0.25) is 19.6 Å². The molecule has 6 heteroatoms. The fourth-order valence-electron chi connectivity index (χ4n) is 4.40. The molecule has 0 spiro atoms. The summed E-state index contributed by atoms with van der Waals surface area (Å²) in [6, 6.07) is 15.8. The van der Waals surface area contributed by atoms with Gasteiger partial charge in [0.2, 0.25) is 11.8 Å². The molecule has 0 radical (unpaired) electrons. The number of hydrogen-bond donors (Lipinski definition) is 1. The second-order valence-electron chi connectivity index (χ2n) is 8.03. The maximum atomic E-state index is 13.0. The molecule has 1 atom stereocenters. The minimum Gasteiger partial charge on any atom is -0.359 e. The first-order valence-electron chi connectivity index (χ1n) is 10.5. The van der Waals surface area contributed by atoms with Crippen LogP contribution in [0.1, 0.15) is 17.5 Å². The SMILES string of the molecule is CNC(=O)[C@@]1(Cc2ccccc2-c2ccncc2)CCN(C(=O)Cc2cccnc2)C1. The summed E-state index contributed by atoms with van der Waals surface area (Å²) in [6.45, 7) is 0.986. The van der Waals surface area contributed by atoms with Crippen LogP contribution < -0.4 is 5.32 Å². The van der Waals surface area contributed by atoms with Crippen molar-refractivity contribution in [2.45, 2.75) is 19.3 Å². The lowest BCUT2D eigenvalue weighted by Crippen LogP contribution is -2.44. The highest BCUT2D eigenvalue weighted by Gasteiger charge is 2.45. The van der Waals surface area contributed by atoms with Crippen LogP contribution in [0.4, 0.5) is 0 Å². The molecular weight excluding hydrogens is 388 g/mol. The van der Waals surface area contributed by atoms with Gasteiger partial charge in [0.05, 0.1) is 11.8 Å². The van der Waals surface area contributed by atoms with Gasteiger partial charge in [-0.1, -0.05) is 30.3 Å². The molecule has 6 nitrogen and oxygen atoms in total. The highest BCUT2D eigenvalue weighted by molar-refractivity contribution is 5.86. The quantitative estimate of drug-likeness (QED) is 0.673. The van der Waals surface area contributed by atoms with Crippen molar-refractivity contribution in [3.05, 3.63) is 84.4 Å². The number of likely N-dealkylation sites (tertiary alicyclic amines) is 1. The topological polar surface area (TPSA) is 75.2 Å². The van der Waals surface area contributed by atoms with E-state index in [-0.39, 0.29) is 11.8 Å². The van der Waals surface area contributed by atoms with Crippen LogP contribution in [0.2, 0.25) is 0 Å². The van der Waals surface area contributed by atoms with Crippen LogP contribution in [0, 0.1) is 5.41 Å². The first-order chi connectivity index (χ1) is 15.1. The summed E-state index contributed by atoms with van der Waals surface area (Å²) in [5.74, 6) is 0.00917. The van der Waals surface area contributed by atoms with Gasteiger partial charge in [0.25, 0.3) is 0 Å². The molecule has 1 saturated heterocycles. The number of aromatic nitrogens is 2. The van der Waals surface area contributed by atoms with E-state index < -0.39 is 5.41 Å². The molecule has 158 valence electrons. The lowest BCUT2D eigenvalue weighted by molar-refractivity contribution is -0.132. The van der Waals surface area contributed by atoms with E-state index in [1.54, 1.807) is 31.8 Å². The van der Waals surface area contributed by atoms with Gasteiger partial charge in [-0.05, 0) is 53.3 Å². The minimum atomic E-state index is -0.650. The Balaban J connectivity index is 1.58. The van der Waals surface area contributed by atoms with Crippen LogP contribution in [-0.2, 0) is 22.4 Å². The van der Waals surface area contributed by atoms with Crippen molar-refractivity contribution >= 4 is 11.8 Å². The van der Waals surface area contributed by atoms with Crippen molar-refractivity contribution in [1.29, 1.82) is 0 Å². The molecule has 1 fully saturated rings. The maximum absolute atomic E-state index is 13.0. The van der Waals surface area contributed by atoms with E-state index in [4.69, 9.17) is 0 Å². The minimum absolute atomic E-state index is 0.0197. The number of amides is 2. The van der Waals surface area contributed by atoms with Crippen molar-refractivity contribution in [2.75, 3.05) is 20.1 Å². The summed E-state index contributed by atoms with van der Waals surface area (Å²) in [6.07, 6.45) is 8.46. The van der Waals surface area contributed by atoms with Crippen molar-refractivity contribution in [3.63, 3.8) is 0 Å². The Bertz CT molecular complexity index is 1060. The van der Waals surface area contributed by atoms with Crippen LogP contribution in [0.5, 0.6) is 0 Å². The molecule has 3 aromatic rings. The summed E-state index contributed by atoms with van der Waals surface area (Å²) in [5, 5.41) is 2.84. The van der Waals surface area contributed by atoms with Gasteiger partial charge in [0.1, 0.15) is 0 Å². The molecule has 1 aliphatic rings. The highest BCUT2D eigenvalue weighted by Crippen LogP contribution is 2.37. The Morgan fingerprint density at radius 2 is 1.84 bits per heavy atom. The molecule has 2 aromatic heterocycles. The zero-order valence-electron chi connectivity index (χ0n) is 17.6. The predicted molar refractivity (Wildman–Crippen MR) is 119 cm³/mol. The van der Waals surface area contributed by atoms with E-state index >= 15 is 0 Å². The zero-order chi connectivity index (χ0) is 21.7. The number of rotatable bonds is 6. The Hall–Kier alpha value is -3.54. The van der Waals surface area contributed by atoms with Gasteiger partial charge >= 0.3 is 0 Å². The van der Waals surface area contributed by atoms with Gasteiger partial charge in [-0.25, -0.2) is 0 Å². The smallest absolute Gasteiger partial charge is 0.228 e. The van der Waals surface area contributed by atoms with Crippen LogP contribution in [0.15, 0.2) is 73.3 Å². The van der Waals surface area contributed by atoms with E-state index in [1.165, 1.54) is 0 Å². The lowest BCUT2D eigenvalue weighted by atomic mass is 9.78. The predicted octanol–water partition coefficient (Wildman–Crippen LogP) is 2.89. The highest BCUT2D eigenvalue weighted by atomic mass is 16.2. The molecule has 2 amide bonds. The van der Waals surface area contributed by atoms with Gasteiger partial charge in [0.15, 0.2) is 0 Å². The number of pyridine rings is 2. The first-order valence-corrected chi connectivity index (χ1v) is 10.5. The number of nitrogens with one attached hydrogen (secondary N) is 1. The molecular formula is C25H26N4O2. The first kappa shape index (κ1) is 20.7. The van der Waals surface area contributed by atoms with Crippen molar-refractivity contribution < 1.29 is 9.59 Å². The van der Waals surface area contributed by atoms with E-state index in [0.29, 0.717) is 32.4 Å². The number of hydrogen-bond acceptors (Lipinski definition) is 4. The van der Waals surface area contributed by atoms with Crippen LogP contribution >= 0.6 is 0 Å². The fraction of sp³-hybridized carbons (Fsp3) is 0.280. The van der Waals surface area contributed by atoms with Crippen LogP contribution in [0.3, 0.4) is 0 Å². The summed E-state index contributed by atoms with van der Waals surface area (Å²) in [5.41, 5.74) is 3.49. The van der Waals surface area contributed by atoms with Gasteiger partial charge in [-0.15, -0.1) is 0 Å². The number of carbonyl (C=O) groups is 2. The molecule has 3 heterocycles. The summed E-state index contributed by atoms with van der Waals surface area (Å²) < 4.78 is 0. The molecule has 1 aromatic carbocycles. The molecule has 0 bridgehead atoms.